The zero-order valence-electron chi connectivity index (χ0n) is 8.74. The second kappa shape index (κ2) is 4.06. The Morgan fingerprint density at radius 2 is 2.13 bits per heavy atom. The number of hydrogen-bond acceptors (Lipinski definition) is 3. The van der Waals surface area contributed by atoms with Crippen LogP contribution < -0.4 is 4.74 Å². The van der Waals surface area contributed by atoms with E-state index in [2.05, 4.69) is 4.98 Å². The lowest BCUT2D eigenvalue weighted by molar-refractivity contribution is 0.0694. The molecule has 0 aliphatic rings. The topological polar surface area (TPSA) is 59.4 Å². The average Bonchev–Trinajstić information content (AvgIpc) is 2.05. The molecule has 0 aliphatic heterocycles. The summed E-state index contributed by atoms with van der Waals surface area (Å²) in [6.07, 6.45) is 1.27. The van der Waals surface area contributed by atoms with Crippen LogP contribution in [0.2, 0.25) is 5.02 Å². The Hall–Kier alpha value is -1.29. The summed E-state index contributed by atoms with van der Waals surface area (Å²) >= 11 is 5.66. The Morgan fingerprint density at radius 3 is 2.60 bits per heavy atom. The fourth-order valence-electron chi connectivity index (χ4n) is 0.953. The first-order chi connectivity index (χ1) is 6.79. The zero-order valence-corrected chi connectivity index (χ0v) is 9.50. The summed E-state index contributed by atoms with van der Waals surface area (Å²) in [7, 11) is 0. The molecular formula is C10H12ClNO3. The van der Waals surface area contributed by atoms with Crippen molar-refractivity contribution in [2.24, 2.45) is 0 Å². The largest absolute Gasteiger partial charge is 0.478 e. The van der Waals surface area contributed by atoms with E-state index in [9.17, 15) is 4.79 Å². The van der Waals surface area contributed by atoms with E-state index in [1.54, 1.807) is 0 Å². The molecule has 0 atom stereocenters. The van der Waals surface area contributed by atoms with Crippen molar-refractivity contribution in [3.8, 4) is 5.88 Å². The highest BCUT2D eigenvalue weighted by molar-refractivity contribution is 6.33. The van der Waals surface area contributed by atoms with Gasteiger partial charge in [-0.05, 0) is 20.8 Å². The number of rotatable bonds is 2. The first-order valence-electron chi connectivity index (χ1n) is 4.37. The van der Waals surface area contributed by atoms with E-state index in [0.29, 0.717) is 0 Å². The van der Waals surface area contributed by atoms with Crippen molar-refractivity contribution in [2.75, 3.05) is 0 Å². The monoisotopic (exact) mass is 229 g/mol. The molecule has 1 heterocycles. The van der Waals surface area contributed by atoms with Gasteiger partial charge in [0.15, 0.2) is 0 Å². The highest BCUT2D eigenvalue weighted by atomic mass is 35.5. The molecule has 0 radical (unpaired) electrons. The predicted molar refractivity (Wildman–Crippen MR) is 56.6 cm³/mol. The second-order valence-corrected chi connectivity index (χ2v) is 4.43. The van der Waals surface area contributed by atoms with Gasteiger partial charge in [-0.1, -0.05) is 11.6 Å². The number of halogens is 1. The average molecular weight is 230 g/mol. The van der Waals surface area contributed by atoms with Gasteiger partial charge >= 0.3 is 5.97 Å². The molecule has 0 unspecified atom stereocenters. The first kappa shape index (κ1) is 11.8. The van der Waals surface area contributed by atoms with Gasteiger partial charge < -0.3 is 9.84 Å². The van der Waals surface area contributed by atoms with Crippen LogP contribution in [0.5, 0.6) is 5.88 Å². The molecule has 0 fully saturated rings. The maximum atomic E-state index is 10.8. The Balaban J connectivity index is 3.03. The van der Waals surface area contributed by atoms with Crippen LogP contribution in [0, 0.1) is 0 Å². The molecule has 5 heteroatoms. The number of aromatic carboxylic acids is 1. The lowest BCUT2D eigenvalue weighted by Crippen LogP contribution is -2.23. The van der Waals surface area contributed by atoms with Crippen molar-refractivity contribution in [3.05, 3.63) is 22.8 Å². The molecule has 1 N–H and O–H groups in total. The predicted octanol–water partition coefficient (Wildman–Crippen LogP) is 2.61. The molecule has 0 amide bonds. The van der Waals surface area contributed by atoms with Crippen molar-refractivity contribution in [1.82, 2.24) is 4.98 Å². The normalized spacial score (nSPS) is 11.2. The maximum absolute atomic E-state index is 10.8. The van der Waals surface area contributed by atoms with Gasteiger partial charge in [-0.15, -0.1) is 0 Å². The molecule has 1 rings (SSSR count). The Labute approximate surface area is 92.8 Å². The summed E-state index contributed by atoms with van der Waals surface area (Å²) < 4.78 is 5.41. The number of nitrogens with zero attached hydrogens (tertiary/aromatic N) is 1. The standard InChI is InChI=1S/C10H12ClNO3/c1-10(2,3)15-8-4-6(9(13)14)7(11)5-12-8/h4-5H,1-3H3,(H,13,14). The Bertz CT molecular complexity index is 385. The van der Waals surface area contributed by atoms with E-state index in [1.807, 2.05) is 20.8 Å². The molecular weight excluding hydrogens is 218 g/mol. The SMILES string of the molecule is CC(C)(C)Oc1cc(C(=O)O)c(Cl)cn1. The van der Waals surface area contributed by atoms with Crippen molar-refractivity contribution in [3.63, 3.8) is 0 Å². The van der Waals surface area contributed by atoms with Crippen LogP contribution in [-0.2, 0) is 0 Å². The summed E-state index contributed by atoms with van der Waals surface area (Å²) in [6, 6.07) is 1.32. The van der Waals surface area contributed by atoms with E-state index < -0.39 is 11.6 Å². The maximum Gasteiger partial charge on any atom is 0.337 e. The van der Waals surface area contributed by atoms with Crippen molar-refractivity contribution >= 4 is 17.6 Å². The summed E-state index contributed by atoms with van der Waals surface area (Å²) in [5.74, 6) is -0.842. The lowest BCUT2D eigenvalue weighted by Gasteiger charge is -2.20. The zero-order chi connectivity index (χ0) is 11.6. The van der Waals surface area contributed by atoms with Gasteiger partial charge in [0.1, 0.15) is 5.60 Å². The molecule has 0 bridgehead atoms. The van der Waals surface area contributed by atoms with Gasteiger partial charge in [-0.2, -0.15) is 0 Å². The van der Waals surface area contributed by atoms with Crippen LogP contribution >= 0.6 is 11.6 Å². The fraction of sp³-hybridized carbons (Fsp3) is 0.400. The van der Waals surface area contributed by atoms with E-state index in [0.717, 1.165) is 0 Å². The lowest BCUT2D eigenvalue weighted by atomic mass is 10.2. The van der Waals surface area contributed by atoms with Gasteiger partial charge in [0, 0.05) is 6.07 Å². The van der Waals surface area contributed by atoms with Crippen LogP contribution in [-0.4, -0.2) is 21.7 Å². The second-order valence-electron chi connectivity index (χ2n) is 4.02. The third-order valence-corrected chi connectivity index (χ3v) is 1.77. The minimum atomic E-state index is -1.10. The molecule has 1 aromatic heterocycles. The summed E-state index contributed by atoms with van der Waals surface area (Å²) in [5.41, 5.74) is -0.428. The van der Waals surface area contributed by atoms with Crippen molar-refractivity contribution < 1.29 is 14.6 Å². The van der Waals surface area contributed by atoms with Crippen LogP contribution in [0.4, 0.5) is 0 Å². The van der Waals surface area contributed by atoms with Crippen LogP contribution in [0.15, 0.2) is 12.3 Å². The van der Waals surface area contributed by atoms with Gasteiger partial charge in [0.25, 0.3) is 0 Å². The molecule has 0 spiro atoms. The van der Waals surface area contributed by atoms with Crippen LogP contribution in [0.3, 0.4) is 0 Å². The Kier molecular flexibility index (Phi) is 3.19. The van der Waals surface area contributed by atoms with Crippen molar-refractivity contribution in [1.29, 1.82) is 0 Å². The Morgan fingerprint density at radius 1 is 1.53 bits per heavy atom. The summed E-state index contributed by atoms with van der Waals surface area (Å²) in [6.45, 7) is 5.55. The molecule has 0 saturated carbocycles. The third kappa shape index (κ3) is 3.40. The highest BCUT2D eigenvalue weighted by Gasteiger charge is 2.16. The number of aromatic nitrogens is 1. The summed E-state index contributed by atoms with van der Waals surface area (Å²) in [4.78, 5) is 14.7. The van der Waals surface area contributed by atoms with Gasteiger partial charge in [0.05, 0.1) is 16.8 Å². The number of hydrogen-bond donors (Lipinski definition) is 1. The molecule has 0 saturated heterocycles. The summed E-state index contributed by atoms with van der Waals surface area (Å²) in [5, 5.41) is 8.92. The van der Waals surface area contributed by atoms with E-state index in [4.69, 9.17) is 21.4 Å². The minimum absolute atomic E-state index is 0.00841. The number of carboxylic acid groups (broad SMARTS) is 1. The molecule has 82 valence electrons. The van der Waals surface area contributed by atoms with E-state index >= 15 is 0 Å². The number of pyridine rings is 1. The molecule has 15 heavy (non-hydrogen) atoms. The third-order valence-electron chi connectivity index (χ3n) is 1.47. The minimum Gasteiger partial charge on any atom is -0.478 e. The van der Waals surface area contributed by atoms with E-state index in [-0.39, 0.29) is 16.5 Å². The number of ether oxygens (including phenoxy) is 1. The van der Waals surface area contributed by atoms with Crippen molar-refractivity contribution in [2.45, 2.75) is 26.4 Å². The van der Waals surface area contributed by atoms with Crippen LogP contribution in [0.1, 0.15) is 31.1 Å². The quantitative estimate of drug-likeness (QED) is 0.847. The van der Waals surface area contributed by atoms with E-state index in [1.165, 1.54) is 12.3 Å². The van der Waals surface area contributed by atoms with Gasteiger partial charge in [-0.25, -0.2) is 9.78 Å². The van der Waals surface area contributed by atoms with Gasteiger partial charge in [0.2, 0.25) is 5.88 Å². The van der Waals surface area contributed by atoms with Crippen LogP contribution in [0.25, 0.3) is 0 Å². The number of carboxylic acids is 1. The first-order valence-corrected chi connectivity index (χ1v) is 4.75. The molecule has 1 aromatic rings. The highest BCUT2D eigenvalue weighted by Crippen LogP contribution is 2.22. The molecule has 0 aliphatic carbocycles. The van der Waals surface area contributed by atoms with Gasteiger partial charge in [-0.3, -0.25) is 0 Å². The molecule has 0 aromatic carbocycles. The fourth-order valence-corrected chi connectivity index (χ4v) is 1.14. The molecule has 4 nitrogen and oxygen atoms in total. The number of carbonyl (C=O) groups is 1. The smallest absolute Gasteiger partial charge is 0.337 e.